The van der Waals surface area contributed by atoms with Crippen molar-refractivity contribution in [3.05, 3.63) is 30.6 Å². The first-order valence-corrected chi connectivity index (χ1v) is 10.7. The Kier molecular flexibility index (Phi) is 6.29. The summed E-state index contributed by atoms with van der Waals surface area (Å²) in [7, 11) is 3.12. The number of nitrogens with two attached hydrogens (primary N) is 1. The molecular weight excluding hydrogens is 396 g/mol. The zero-order valence-corrected chi connectivity index (χ0v) is 18.2. The van der Waals surface area contributed by atoms with E-state index in [2.05, 4.69) is 36.8 Å². The minimum absolute atomic E-state index is 0.0465. The first kappa shape index (κ1) is 21.0. The normalized spacial score (nSPS) is 17.5. The molecule has 2 fully saturated rings. The minimum atomic E-state index is -0.134. The number of nitrogen functional groups attached to an aromatic ring is 1. The van der Waals surface area contributed by atoms with Crippen LogP contribution in [-0.4, -0.2) is 69.4 Å². The predicted octanol–water partition coefficient (Wildman–Crippen LogP) is 1.78. The van der Waals surface area contributed by atoms with Gasteiger partial charge in [-0.15, -0.1) is 0 Å². The van der Waals surface area contributed by atoms with Gasteiger partial charge in [0.15, 0.2) is 11.6 Å². The van der Waals surface area contributed by atoms with Gasteiger partial charge >= 0.3 is 5.97 Å². The van der Waals surface area contributed by atoms with Crippen LogP contribution >= 0.6 is 0 Å². The van der Waals surface area contributed by atoms with Crippen molar-refractivity contribution in [1.82, 2.24) is 9.97 Å². The van der Waals surface area contributed by atoms with E-state index in [1.54, 1.807) is 13.4 Å². The van der Waals surface area contributed by atoms with Crippen LogP contribution in [0.4, 0.5) is 23.0 Å². The monoisotopic (exact) mass is 426 g/mol. The number of carbonyl (C=O) groups excluding carboxylic acids is 1. The highest BCUT2D eigenvalue weighted by atomic mass is 16.5. The van der Waals surface area contributed by atoms with E-state index in [-0.39, 0.29) is 11.9 Å². The maximum atomic E-state index is 11.8. The summed E-state index contributed by atoms with van der Waals surface area (Å²) in [6.07, 6.45) is 3.07. The number of piperazine rings is 1. The number of aromatic nitrogens is 2. The lowest BCUT2D eigenvalue weighted by Crippen LogP contribution is -2.47. The first-order valence-electron chi connectivity index (χ1n) is 10.7. The zero-order valence-electron chi connectivity index (χ0n) is 18.2. The third-order valence-electron chi connectivity index (χ3n) is 6.19. The van der Waals surface area contributed by atoms with Crippen molar-refractivity contribution in [3.63, 3.8) is 0 Å². The van der Waals surface area contributed by atoms with Gasteiger partial charge < -0.3 is 29.9 Å². The smallest absolute Gasteiger partial charge is 0.308 e. The molecule has 9 nitrogen and oxygen atoms in total. The van der Waals surface area contributed by atoms with Crippen molar-refractivity contribution >= 4 is 29.0 Å². The summed E-state index contributed by atoms with van der Waals surface area (Å²) in [5.41, 5.74) is 8.31. The Balaban J connectivity index is 1.40. The average molecular weight is 427 g/mol. The van der Waals surface area contributed by atoms with Gasteiger partial charge in [-0.1, -0.05) is 0 Å². The van der Waals surface area contributed by atoms with Crippen LogP contribution in [0, 0.1) is 5.92 Å². The number of carbonyl (C=O) groups is 1. The van der Waals surface area contributed by atoms with Gasteiger partial charge in [-0.25, -0.2) is 9.97 Å². The van der Waals surface area contributed by atoms with Crippen molar-refractivity contribution < 1.29 is 14.3 Å². The molecule has 0 aliphatic carbocycles. The molecule has 2 aliphatic rings. The van der Waals surface area contributed by atoms with Crippen LogP contribution in [0.2, 0.25) is 0 Å². The standard InChI is InChI=1S/C22H30N6O3/c1-30-18-5-3-17(4-6-18)26-11-13-28(14-12-26)21-19(23)20(24-15-25-21)27-9-7-16(8-10-27)22(29)31-2/h3-6,15-16H,7-14,23H2,1-2H3. The van der Waals surface area contributed by atoms with Gasteiger partial charge in [0.25, 0.3) is 0 Å². The number of hydrogen-bond donors (Lipinski definition) is 1. The number of methoxy groups -OCH3 is 2. The van der Waals surface area contributed by atoms with Gasteiger partial charge in [-0.2, -0.15) is 0 Å². The molecule has 0 radical (unpaired) electrons. The molecule has 0 saturated carbocycles. The topological polar surface area (TPSA) is 97.0 Å². The van der Waals surface area contributed by atoms with Crippen LogP contribution in [0.5, 0.6) is 5.75 Å². The van der Waals surface area contributed by atoms with Crippen LogP contribution in [0.3, 0.4) is 0 Å². The zero-order chi connectivity index (χ0) is 21.8. The fourth-order valence-corrected chi connectivity index (χ4v) is 4.34. The predicted molar refractivity (Wildman–Crippen MR) is 121 cm³/mol. The highest BCUT2D eigenvalue weighted by molar-refractivity contribution is 5.77. The summed E-state index contributed by atoms with van der Waals surface area (Å²) < 4.78 is 10.1. The number of esters is 1. The maximum absolute atomic E-state index is 11.8. The number of benzene rings is 1. The second-order valence-corrected chi connectivity index (χ2v) is 7.89. The Morgan fingerprint density at radius 1 is 0.903 bits per heavy atom. The van der Waals surface area contributed by atoms with E-state index in [0.717, 1.165) is 69.5 Å². The number of hydrogen-bond acceptors (Lipinski definition) is 9. The molecule has 2 aliphatic heterocycles. The van der Waals surface area contributed by atoms with E-state index < -0.39 is 0 Å². The third-order valence-corrected chi connectivity index (χ3v) is 6.19. The van der Waals surface area contributed by atoms with E-state index in [4.69, 9.17) is 15.2 Å². The number of nitrogens with zero attached hydrogens (tertiary/aromatic N) is 5. The second-order valence-electron chi connectivity index (χ2n) is 7.89. The van der Waals surface area contributed by atoms with Crippen molar-refractivity contribution in [1.29, 1.82) is 0 Å². The van der Waals surface area contributed by atoms with Gasteiger partial charge in [-0.05, 0) is 37.1 Å². The lowest BCUT2D eigenvalue weighted by atomic mass is 9.97. The molecule has 3 heterocycles. The van der Waals surface area contributed by atoms with Crippen molar-refractivity contribution in [2.75, 3.05) is 73.9 Å². The maximum Gasteiger partial charge on any atom is 0.308 e. The number of ether oxygens (including phenoxy) is 2. The molecule has 0 amide bonds. The molecule has 31 heavy (non-hydrogen) atoms. The Morgan fingerprint density at radius 2 is 1.45 bits per heavy atom. The van der Waals surface area contributed by atoms with Gasteiger partial charge in [0.1, 0.15) is 17.8 Å². The van der Waals surface area contributed by atoms with E-state index >= 15 is 0 Å². The lowest BCUT2D eigenvalue weighted by molar-refractivity contribution is -0.146. The van der Waals surface area contributed by atoms with Crippen LogP contribution in [0.25, 0.3) is 0 Å². The molecular formula is C22H30N6O3. The molecule has 2 saturated heterocycles. The molecule has 0 atom stereocenters. The molecule has 2 N–H and O–H groups in total. The molecule has 0 spiro atoms. The molecule has 1 aromatic heterocycles. The first-order chi connectivity index (χ1) is 15.1. The Bertz CT molecular complexity index is 891. The number of anilines is 4. The minimum Gasteiger partial charge on any atom is -0.497 e. The van der Waals surface area contributed by atoms with Gasteiger partial charge in [-0.3, -0.25) is 4.79 Å². The molecule has 0 unspecified atom stereocenters. The fraction of sp³-hybridized carbons (Fsp3) is 0.500. The Labute approximate surface area is 182 Å². The van der Waals surface area contributed by atoms with Crippen molar-refractivity contribution in [2.24, 2.45) is 5.92 Å². The van der Waals surface area contributed by atoms with E-state index in [9.17, 15) is 4.79 Å². The van der Waals surface area contributed by atoms with Gasteiger partial charge in [0.2, 0.25) is 0 Å². The van der Waals surface area contributed by atoms with Crippen LogP contribution in [-0.2, 0) is 9.53 Å². The van der Waals surface area contributed by atoms with E-state index in [1.165, 1.54) is 12.8 Å². The second kappa shape index (κ2) is 9.28. The quantitative estimate of drug-likeness (QED) is 0.718. The molecule has 4 rings (SSSR count). The SMILES string of the molecule is COC(=O)C1CCN(c2ncnc(N3CCN(c4ccc(OC)cc4)CC3)c2N)CC1. The largest absolute Gasteiger partial charge is 0.497 e. The molecule has 9 heteroatoms. The van der Waals surface area contributed by atoms with Crippen LogP contribution in [0.1, 0.15) is 12.8 Å². The van der Waals surface area contributed by atoms with E-state index in [1.807, 2.05) is 12.1 Å². The summed E-state index contributed by atoms with van der Waals surface area (Å²) in [4.78, 5) is 27.5. The highest BCUT2D eigenvalue weighted by Gasteiger charge is 2.29. The summed E-state index contributed by atoms with van der Waals surface area (Å²) in [6.45, 7) is 4.89. The van der Waals surface area contributed by atoms with Crippen LogP contribution < -0.4 is 25.2 Å². The average Bonchev–Trinajstić information content (AvgIpc) is 2.84. The van der Waals surface area contributed by atoms with Gasteiger partial charge in [0, 0.05) is 45.0 Å². The summed E-state index contributed by atoms with van der Waals surface area (Å²) in [6, 6.07) is 8.15. The van der Waals surface area contributed by atoms with Gasteiger partial charge in [0.05, 0.1) is 20.1 Å². The summed E-state index contributed by atoms with van der Waals surface area (Å²) >= 11 is 0. The molecule has 2 aromatic rings. The Morgan fingerprint density at radius 3 is 2.00 bits per heavy atom. The highest BCUT2D eigenvalue weighted by Crippen LogP contribution is 2.32. The molecule has 166 valence electrons. The molecule has 0 bridgehead atoms. The third kappa shape index (κ3) is 4.45. The fourth-order valence-electron chi connectivity index (χ4n) is 4.34. The number of piperidine rings is 1. The summed E-state index contributed by atoms with van der Waals surface area (Å²) in [5.74, 6) is 2.22. The number of rotatable bonds is 5. The Hall–Kier alpha value is -3.23. The summed E-state index contributed by atoms with van der Waals surface area (Å²) in [5, 5.41) is 0. The molecule has 1 aromatic carbocycles. The van der Waals surface area contributed by atoms with E-state index in [0.29, 0.717) is 5.69 Å². The van der Waals surface area contributed by atoms with Crippen molar-refractivity contribution in [3.8, 4) is 5.75 Å². The van der Waals surface area contributed by atoms with Crippen molar-refractivity contribution in [2.45, 2.75) is 12.8 Å². The lowest BCUT2D eigenvalue weighted by Gasteiger charge is -2.38. The van der Waals surface area contributed by atoms with Crippen LogP contribution in [0.15, 0.2) is 30.6 Å².